The number of benzene rings is 1. The molecule has 0 saturated carbocycles. The first-order chi connectivity index (χ1) is 7.15. The normalized spacial score (nSPS) is 10.3. The lowest BCUT2D eigenvalue weighted by Crippen LogP contribution is -2.01. The Labute approximate surface area is 90.9 Å². The number of phenolic OH excluding ortho intramolecular Hbond substituents is 1. The number of hydrogen-bond donors (Lipinski definition) is 1. The number of aromatic hydroxyl groups is 1. The van der Waals surface area contributed by atoms with Crippen molar-refractivity contribution in [2.24, 2.45) is 0 Å². The van der Waals surface area contributed by atoms with E-state index in [4.69, 9.17) is 0 Å². The lowest BCUT2D eigenvalue weighted by atomic mass is 9.96. The van der Waals surface area contributed by atoms with Gasteiger partial charge in [-0.05, 0) is 30.0 Å². The van der Waals surface area contributed by atoms with Crippen LogP contribution in [0.25, 0.3) is 0 Å². The highest BCUT2D eigenvalue weighted by Crippen LogP contribution is 2.28. The van der Waals surface area contributed by atoms with Gasteiger partial charge < -0.3 is 5.11 Å². The Morgan fingerprint density at radius 3 is 2.33 bits per heavy atom. The van der Waals surface area contributed by atoms with Crippen LogP contribution < -0.4 is 0 Å². The predicted octanol–water partition coefficient (Wildman–Crippen LogP) is 3.11. The fraction of sp³-hybridized carbons (Fsp3) is 0.462. The van der Waals surface area contributed by atoms with Crippen molar-refractivity contribution in [3.63, 3.8) is 0 Å². The molecule has 1 rings (SSSR count). The van der Waals surface area contributed by atoms with Gasteiger partial charge in [0.05, 0.1) is 5.56 Å². The SMILES string of the molecule is CCC(=O)c1ccc(CC)c(CC)c1O. The number of aryl methyl sites for hydroxylation is 1. The molecule has 0 fully saturated rings. The van der Waals surface area contributed by atoms with Crippen molar-refractivity contribution in [2.45, 2.75) is 40.0 Å². The maximum Gasteiger partial charge on any atom is 0.166 e. The standard InChI is InChI=1S/C13H18O2/c1-4-9-7-8-11(12(14)6-3)13(15)10(9)5-2/h7-8,15H,4-6H2,1-3H3. The number of ketones is 1. The summed E-state index contributed by atoms with van der Waals surface area (Å²) in [6, 6.07) is 3.68. The van der Waals surface area contributed by atoms with Crippen molar-refractivity contribution < 1.29 is 9.90 Å². The molecule has 0 unspecified atom stereocenters. The number of hydrogen-bond acceptors (Lipinski definition) is 2. The predicted molar refractivity (Wildman–Crippen MR) is 61.5 cm³/mol. The van der Waals surface area contributed by atoms with E-state index in [2.05, 4.69) is 6.92 Å². The van der Waals surface area contributed by atoms with E-state index in [9.17, 15) is 9.90 Å². The molecule has 0 aliphatic rings. The molecule has 82 valence electrons. The molecule has 0 radical (unpaired) electrons. The van der Waals surface area contributed by atoms with Gasteiger partial charge in [-0.1, -0.05) is 26.8 Å². The van der Waals surface area contributed by atoms with Crippen LogP contribution in [0.3, 0.4) is 0 Å². The minimum Gasteiger partial charge on any atom is -0.507 e. The first-order valence-electron chi connectivity index (χ1n) is 5.52. The second-order valence-electron chi connectivity index (χ2n) is 3.58. The quantitative estimate of drug-likeness (QED) is 0.768. The number of carbonyl (C=O) groups excluding carboxylic acids is 1. The van der Waals surface area contributed by atoms with E-state index < -0.39 is 0 Å². The fourth-order valence-corrected chi connectivity index (χ4v) is 1.82. The summed E-state index contributed by atoms with van der Waals surface area (Å²) < 4.78 is 0. The van der Waals surface area contributed by atoms with Gasteiger partial charge in [0.15, 0.2) is 5.78 Å². The highest BCUT2D eigenvalue weighted by Gasteiger charge is 2.14. The Bertz CT molecular complexity index is 367. The van der Waals surface area contributed by atoms with Crippen LogP contribution in [0.1, 0.15) is 48.7 Å². The molecular formula is C13H18O2. The smallest absolute Gasteiger partial charge is 0.166 e. The molecule has 0 spiro atoms. The summed E-state index contributed by atoms with van der Waals surface area (Å²) in [6.45, 7) is 5.85. The van der Waals surface area contributed by atoms with Crippen LogP contribution in [0.2, 0.25) is 0 Å². The lowest BCUT2D eigenvalue weighted by Gasteiger charge is -2.11. The fourth-order valence-electron chi connectivity index (χ4n) is 1.82. The summed E-state index contributed by atoms with van der Waals surface area (Å²) in [6.07, 6.45) is 2.08. The van der Waals surface area contributed by atoms with Gasteiger partial charge in [-0.15, -0.1) is 0 Å². The maximum absolute atomic E-state index is 11.5. The van der Waals surface area contributed by atoms with E-state index in [0.29, 0.717) is 12.0 Å². The topological polar surface area (TPSA) is 37.3 Å². The Kier molecular flexibility index (Phi) is 3.89. The molecule has 0 atom stereocenters. The van der Waals surface area contributed by atoms with Crippen LogP contribution in [0, 0.1) is 0 Å². The molecular weight excluding hydrogens is 188 g/mol. The molecule has 1 aromatic carbocycles. The van der Waals surface area contributed by atoms with E-state index in [1.807, 2.05) is 13.0 Å². The minimum atomic E-state index is 0.00449. The molecule has 1 aromatic rings. The van der Waals surface area contributed by atoms with Crippen LogP contribution in [0.5, 0.6) is 5.75 Å². The second kappa shape index (κ2) is 4.96. The molecule has 15 heavy (non-hydrogen) atoms. The summed E-state index contributed by atoms with van der Waals surface area (Å²) >= 11 is 0. The minimum absolute atomic E-state index is 0.00449. The third-order valence-electron chi connectivity index (χ3n) is 2.74. The van der Waals surface area contributed by atoms with Gasteiger partial charge in [-0.2, -0.15) is 0 Å². The van der Waals surface area contributed by atoms with Gasteiger partial charge in [0, 0.05) is 6.42 Å². The summed E-state index contributed by atoms with van der Waals surface area (Å²) in [5.74, 6) is 0.188. The van der Waals surface area contributed by atoms with Crippen molar-refractivity contribution in [1.29, 1.82) is 0 Å². The molecule has 2 heteroatoms. The van der Waals surface area contributed by atoms with Gasteiger partial charge in [0.25, 0.3) is 0 Å². The van der Waals surface area contributed by atoms with Gasteiger partial charge in [-0.3, -0.25) is 4.79 Å². The molecule has 0 saturated heterocycles. The Morgan fingerprint density at radius 1 is 1.20 bits per heavy atom. The van der Waals surface area contributed by atoms with Crippen molar-refractivity contribution in [2.75, 3.05) is 0 Å². The molecule has 0 heterocycles. The van der Waals surface area contributed by atoms with Crippen LogP contribution in [-0.2, 0) is 12.8 Å². The number of carbonyl (C=O) groups is 1. The van der Waals surface area contributed by atoms with E-state index >= 15 is 0 Å². The van der Waals surface area contributed by atoms with Gasteiger partial charge in [0.1, 0.15) is 5.75 Å². The zero-order valence-corrected chi connectivity index (χ0v) is 9.63. The third kappa shape index (κ3) is 2.20. The molecule has 0 bridgehead atoms. The monoisotopic (exact) mass is 206 g/mol. The summed E-state index contributed by atoms with van der Waals surface area (Å²) in [5.41, 5.74) is 2.51. The highest BCUT2D eigenvalue weighted by molar-refractivity contribution is 5.98. The van der Waals surface area contributed by atoms with Crippen LogP contribution in [0.4, 0.5) is 0 Å². The molecule has 0 amide bonds. The molecule has 0 aromatic heterocycles. The first kappa shape index (κ1) is 11.8. The van der Waals surface area contributed by atoms with E-state index in [0.717, 1.165) is 24.0 Å². The zero-order chi connectivity index (χ0) is 11.4. The number of rotatable bonds is 4. The molecule has 2 nitrogen and oxygen atoms in total. The largest absolute Gasteiger partial charge is 0.507 e. The van der Waals surface area contributed by atoms with Crippen LogP contribution in [-0.4, -0.2) is 10.9 Å². The second-order valence-corrected chi connectivity index (χ2v) is 3.58. The van der Waals surface area contributed by atoms with Gasteiger partial charge in [0.2, 0.25) is 0 Å². The van der Waals surface area contributed by atoms with E-state index in [1.54, 1.807) is 13.0 Å². The average Bonchev–Trinajstić information content (AvgIpc) is 2.27. The maximum atomic E-state index is 11.5. The van der Waals surface area contributed by atoms with Crippen LogP contribution in [0.15, 0.2) is 12.1 Å². The van der Waals surface area contributed by atoms with Crippen molar-refractivity contribution in [3.05, 3.63) is 28.8 Å². The van der Waals surface area contributed by atoms with Gasteiger partial charge in [-0.25, -0.2) is 0 Å². The summed E-state index contributed by atoms with van der Waals surface area (Å²) in [4.78, 5) is 11.5. The number of phenols is 1. The first-order valence-corrected chi connectivity index (χ1v) is 5.52. The molecule has 0 aliphatic heterocycles. The van der Waals surface area contributed by atoms with E-state index in [1.165, 1.54) is 0 Å². The molecule has 0 aliphatic carbocycles. The summed E-state index contributed by atoms with van der Waals surface area (Å²) in [7, 11) is 0. The van der Waals surface area contributed by atoms with Crippen molar-refractivity contribution in [1.82, 2.24) is 0 Å². The average molecular weight is 206 g/mol. The lowest BCUT2D eigenvalue weighted by molar-refractivity contribution is 0.0985. The van der Waals surface area contributed by atoms with E-state index in [-0.39, 0.29) is 11.5 Å². The Morgan fingerprint density at radius 2 is 1.87 bits per heavy atom. The Balaban J connectivity index is 3.29. The summed E-state index contributed by atoms with van der Waals surface area (Å²) in [5, 5.41) is 9.98. The van der Waals surface area contributed by atoms with Crippen LogP contribution >= 0.6 is 0 Å². The van der Waals surface area contributed by atoms with Crippen molar-refractivity contribution >= 4 is 5.78 Å². The Hall–Kier alpha value is -1.31. The highest BCUT2D eigenvalue weighted by atomic mass is 16.3. The van der Waals surface area contributed by atoms with Gasteiger partial charge >= 0.3 is 0 Å². The molecule has 1 N–H and O–H groups in total. The zero-order valence-electron chi connectivity index (χ0n) is 9.63. The van der Waals surface area contributed by atoms with Crippen molar-refractivity contribution in [3.8, 4) is 5.75 Å². The third-order valence-corrected chi connectivity index (χ3v) is 2.74. The number of Topliss-reactive ketones (excluding diaryl/α,β-unsaturated/α-hetero) is 1.